The van der Waals surface area contributed by atoms with Gasteiger partial charge in [-0.25, -0.2) is 9.98 Å². The summed E-state index contributed by atoms with van der Waals surface area (Å²) in [6.45, 7) is 1.91. The van der Waals surface area contributed by atoms with Crippen molar-refractivity contribution in [2.75, 3.05) is 32.1 Å². The van der Waals surface area contributed by atoms with Gasteiger partial charge >= 0.3 is 0 Å². The van der Waals surface area contributed by atoms with Crippen molar-refractivity contribution in [2.45, 2.75) is 6.42 Å². The fourth-order valence-corrected chi connectivity index (χ4v) is 3.86. The predicted octanol–water partition coefficient (Wildman–Crippen LogP) is 5.42. The van der Waals surface area contributed by atoms with Crippen molar-refractivity contribution in [3.8, 4) is 0 Å². The van der Waals surface area contributed by atoms with E-state index in [2.05, 4.69) is 82.3 Å². The van der Waals surface area contributed by atoms with Gasteiger partial charge in [0.15, 0.2) is 5.82 Å². The second kappa shape index (κ2) is 8.25. The van der Waals surface area contributed by atoms with Gasteiger partial charge in [-0.2, -0.15) is 0 Å². The molecule has 142 valence electrons. The van der Waals surface area contributed by atoms with Crippen LogP contribution in [0.2, 0.25) is 0 Å². The van der Waals surface area contributed by atoms with Gasteiger partial charge in [0.2, 0.25) is 0 Å². The van der Waals surface area contributed by atoms with Gasteiger partial charge in [0.05, 0.1) is 11.4 Å². The van der Waals surface area contributed by atoms with E-state index in [1.807, 2.05) is 24.4 Å². The molecule has 28 heavy (non-hydrogen) atoms. The highest BCUT2D eigenvalue weighted by Gasteiger charge is 2.24. The lowest BCUT2D eigenvalue weighted by Gasteiger charge is -2.26. The molecule has 0 unspecified atom stereocenters. The zero-order valence-corrected chi connectivity index (χ0v) is 17.7. The van der Waals surface area contributed by atoms with Gasteiger partial charge in [-0.1, -0.05) is 46.3 Å². The van der Waals surface area contributed by atoms with E-state index in [-0.39, 0.29) is 0 Å². The maximum atomic E-state index is 5.07. The van der Waals surface area contributed by atoms with Gasteiger partial charge in [-0.3, -0.25) is 0 Å². The third-order valence-corrected chi connectivity index (χ3v) is 5.29. The van der Waals surface area contributed by atoms with Gasteiger partial charge in [0.1, 0.15) is 5.69 Å². The molecule has 2 aromatic carbocycles. The third kappa shape index (κ3) is 3.86. The van der Waals surface area contributed by atoms with Crippen molar-refractivity contribution in [1.82, 2.24) is 9.88 Å². The molecule has 0 fully saturated rings. The molecule has 4 rings (SSSR count). The summed E-state index contributed by atoms with van der Waals surface area (Å²) in [6.07, 6.45) is 2.89. The van der Waals surface area contributed by atoms with Gasteiger partial charge < -0.3 is 9.80 Å². The first-order valence-corrected chi connectivity index (χ1v) is 10.2. The SMILES string of the molecule is CN(C)CCCN1c2ccc(Br)cc2C(c2ccccc2)=Nc2cccnc21. The summed E-state index contributed by atoms with van der Waals surface area (Å²) in [5.41, 5.74) is 5.23. The Balaban J connectivity index is 1.89. The third-order valence-electron chi connectivity index (χ3n) is 4.79. The van der Waals surface area contributed by atoms with Crippen molar-refractivity contribution < 1.29 is 0 Å². The first-order chi connectivity index (χ1) is 13.6. The molecule has 0 amide bonds. The van der Waals surface area contributed by atoms with Crippen LogP contribution in [0.25, 0.3) is 0 Å². The Morgan fingerprint density at radius 2 is 1.82 bits per heavy atom. The molecule has 1 aromatic heterocycles. The van der Waals surface area contributed by atoms with Crippen LogP contribution in [0.5, 0.6) is 0 Å². The quantitative estimate of drug-likeness (QED) is 0.537. The summed E-state index contributed by atoms with van der Waals surface area (Å²) in [5.74, 6) is 0.913. The number of anilines is 2. The number of benzene rings is 2. The van der Waals surface area contributed by atoms with Crippen molar-refractivity contribution in [2.24, 2.45) is 4.99 Å². The first kappa shape index (κ1) is 18.8. The monoisotopic (exact) mass is 434 g/mol. The molecule has 0 atom stereocenters. The standard InChI is InChI=1S/C23H23BrN4/c1-27(2)14-7-15-28-21-12-11-18(24)16-19(21)22(17-8-4-3-5-9-17)26-20-10-6-13-25-23(20)28/h3-6,8-13,16H,7,14-15H2,1-2H3. The molecule has 4 nitrogen and oxygen atoms in total. The van der Waals surface area contributed by atoms with E-state index in [9.17, 15) is 0 Å². The molecular formula is C23H23BrN4. The number of nitrogens with zero attached hydrogens (tertiary/aromatic N) is 4. The van der Waals surface area contributed by atoms with Crippen LogP contribution in [0.15, 0.2) is 76.3 Å². The van der Waals surface area contributed by atoms with Gasteiger partial charge in [0.25, 0.3) is 0 Å². The number of halogens is 1. The lowest BCUT2D eigenvalue weighted by Crippen LogP contribution is -2.24. The minimum Gasteiger partial charge on any atom is -0.324 e. The molecule has 2 heterocycles. The molecule has 0 spiro atoms. The zero-order valence-electron chi connectivity index (χ0n) is 16.1. The van der Waals surface area contributed by atoms with Crippen LogP contribution in [-0.4, -0.2) is 42.8 Å². The fraction of sp³-hybridized carbons (Fsp3) is 0.217. The fourth-order valence-electron chi connectivity index (χ4n) is 3.50. The number of pyridine rings is 1. The molecule has 0 aliphatic carbocycles. The second-order valence-corrected chi connectivity index (χ2v) is 8.06. The van der Waals surface area contributed by atoms with E-state index in [0.717, 1.165) is 58.0 Å². The van der Waals surface area contributed by atoms with Crippen LogP contribution >= 0.6 is 15.9 Å². The molecular weight excluding hydrogens is 412 g/mol. The number of fused-ring (bicyclic) bond motifs is 2. The number of rotatable bonds is 5. The summed E-state index contributed by atoms with van der Waals surface area (Å²) in [7, 11) is 4.21. The normalized spacial score (nSPS) is 13.0. The van der Waals surface area contributed by atoms with Crippen LogP contribution in [0.4, 0.5) is 17.2 Å². The van der Waals surface area contributed by atoms with E-state index in [4.69, 9.17) is 9.98 Å². The van der Waals surface area contributed by atoms with Crippen molar-refractivity contribution in [3.63, 3.8) is 0 Å². The van der Waals surface area contributed by atoms with Crippen LogP contribution in [0, 0.1) is 0 Å². The Hall–Kier alpha value is -2.50. The summed E-state index contributed by atoms with van der Waals surface area (Å²) in [4.78, 5) is 14.3. The smallest absolute Gasteiger partial charge is 0.159 e. The average Bonchev–Trinajstić information content (AvgIpc) is 2.83. The van der Waals surface area contributed by atoms with Crippen LogP contribution < -0.4 is 4.90 Å². The van der Waals surface area contributed by atoms with Crippen molar-refractivity contribution in [3.05, 3.63) is 82.5 Å². The molecule has 0 bridgehead atoms. The maximum absolute atomic E-state index is 5.07. The topological polar surface area (TPSA) is 31.7 Å². The summed E-state index contributed by atoms with van der Waals surface area (Å²) < 4.78 is 1.04. The van der Waals surface area contributed by atoms with Crippen LogP contribution in [0.3, 0.4) is 0 Å². The lowest BCUT2D eigenvalue weighted by atomic mass is 10.00. The Kier molecular flexibility index (Phi) is 5.55. The average molecular weight is 435 g/mol. The Labute approximate surface area is 174 Å². The Bertz CT molecular complexity index is 998. The van der Waals surface area contributed by atoms with Gasteiger partial charge in [-0.05, 0) is 57.4 Å². The zero-order chi connectivity index (χ0) is 19.5. The maximum Gasteiger partial charge on any atom is 0.159 e. The Morgan fingerprint density at radius 3 is 2.61 bits per heavy atom. The molecule has 0 N–H and O–H groups in total. The molecule has 0 radical (unpaired) electrons. The number of aromatic nitrogens is 1. The van der Waals surface area contributed by atoms with Crippen LogP contribution in [-0.2, 0) is 0 Å². The molecule has 1 aliphatic heterocycles. The lowest BCUT2D eigenvalue weighted by molar-refractivity contribution is 0.402. The van der Waals surface area contributed by atoms with Gasteiger partial charge in [0, 0.05) is 28.3 Å². The highest BCUT2D eigenvalue weighted by atomic mass is 79.9. The van der Waals surface area contributed by atoms with E-state index in [1.54, 1.807) is 0 Å². The molecule has 3 aromatic rings. The van der Waals surface area contributed by atoms with E-state index < -0.39 is 0 Å². The number of aliphatic imine (C=N–C) groups is 1. The minimum atomic E-state index is 0.883. The highest BCUT2D eigenvalue weighted by Crippen LogP contribution is 2.40. The number of hydrogen-bond donors (Lipinski definition) is 0. The predicted molar refractivity (Wildman–Crippen MR) is 120 cm³/mol. The molecule has 5 heteroatoms. The van der Waals surface area contributed by atoms with E-state index >= 15 is 0 Å². The second-order valence-electron chi connectivity index (χ2n) is 7.14. The molecule has 1 aliphatic rings. The van der Waals surface area contributed by atoms with Crippen LogP contribution in [0.1, 0.15) is 17.5 Å². The van der Waals surface area contributed by atoms with E-state index in [1.165, 1.54) is 0 Å². The summed E-state index contributed by atoms with van der Waals surface area (Å²) in [5, 5.41) is 0. The number of hydrogen-bond acceptors (Lipinski definition) is 4. The summed E-state index contributed by atoms with van der Waals surface area (Å²) >= 11 is 3.65. The largest absolute Gasteiger partial charge is 0.324 e. The Morgan fingerprint density at radius 1 is 1.00 bits per heavy atom. The molecule has 0 saturated carbocycles. The van der Waals surface area contributed by atoms with Crippen molar-refractivity contribution >= 4 is 38.8 Å². The van der Waals surface area contributed by atoms with Crippen molar-refractivity contribution in [1.29, 1.82) is 0 Å². The molecule has 0 saturated heterocycles. The van der Waals surface area contributed by atoms with Gasteiger partial charge in [-0.15, -0.1) is 0 Å². The highest BCUT2D eigenvalue weighted by molar-refractivity contribution is 9.10. The first-order valence-electron chi connectivity index (χ1n) is 9.45. The minimum absolute atomic E-state index is 0.883. The summed E-state index contributed by atoms with van der Waals surface area (Å²) in [6, 6.07) is 20.8. The van der Waals surface area contributed by atoms with E-state index in [0.29, 0.717) is 0 Å².